The molecule has 1 aromatic carbocycles. The van der Waals surface area contributed by atoms with Gasteiger partial charge in [-0.25, -0.2) is 0 Å². The van der Waals surface area contributed by atoms with Crippen LogP contribution in [0.4, 0.5) is 0 Å². The van der Waals surface area contributed by atoms with E-state index in [0.29, 0.717) is 6.61 Å². The number of hydrogen-bond donors (Lipinski definition) is 1. The van der Waals surface area contributed by atoms with Crippen LogP contribution in [0.2, 0.25) is 0 Å². The van der Waals surface area contributed by atoms with Gasteiger partial charge in [0.05, 0.1) is 6.61 Å². The minimum absolute atomic E-state index is 0.398. The summed E-state index contributed by atoms with van der Waals surface area (Å²) in [6, 6.07) is 7.77. The van der Waals surface area contributed by atoms with Crippen LogP contribution in [-0.4, -0.2) is 18.3 Å². The van der Waals surface area contributed by atoms with E-state index in [4.69, 9.17) is 4.74 Å². The van der Waals surface area contributed by atoms with Crippen LogP contribution in [0.25, 0.3) is 0 Å². The van der Waals surface area contributed by atoms with Gasteiger partial charge in [-0.15, -0.1) is 0 Å². The molecule has 0 spiro atoms. The van der Waals surface area contributed by atoms with Crippen LogP contribution in [-0.2, 0) is 10.3 Å². The molecule has 3 heteroatoms. The summed E-state index contributed by atoms with van der Waals surface area (Å²) >= 11 is 3.45. The molecule has 0 radical (unpaired) electrons. The number of benzene rings is 1. The van der Waals surface area contributed by atoms with Gasteiger partial charge in [0, 0.05) is 16.6 Å². The Morgan fingerprint density at radius 2 is 2.14 bits per heavy atom. The van der Waals surface area contributed by atoms with Crippen molar-refractivity contribution in [1.82, 2.24) is 0 Å². The fraction of sp³-hybridized carbons (Fsp3) is 0.455. The maximum absolute atomic E-state index is 10.4. The topological polar surface area (TPSA) is 29.5 Å². The third-order valence-electron chi connectivity index (χ3n) is 2.60. The van der Waals surface area contributed by atoms with Crippen LogP contribution in [0.15, 0.2) is 28.7 Å². The van der Waals surface area contributed by atoms with Crippen molar-refractivity contribution in [2.24, 2.45) is 0 Å². The Morgan fingerprint density at radius 3 is 2.79 bits per heavy atom. The first-order valence-corrected chi connectivity index (χ1v) is 5.57. The summed E-state index contributed by atoms with van der Waals surface area (Å²) in [5.41, 5.74) is 0.123. The lowest BCUT2D eigenvalue weighted by Crippen LogP contribution is -2.36. The first-order chi connectivity index (χ1) is 6.72. The Kier molecular flexibility index (Phi) is 2.91. The smallest absolute Gasteiger partial charge is 0.114 e. The molecule has 1 aliphatic heterocycles. The monoisotopic (exact) mass is 256 g/mol. The summed E-state index contributed by atoms with van der Waals surface area (Å²) in [6.45, 7) is 1.16. The van der Waals surface area contributed by atoms with Gasteiger partial charge < -0.3 is 9.84 Å². The van der Waals surface area contributed by atoms with Crippen molar-refractivity contribution in [2.45, 2.75) is 18.4 Å². The fourth-order valence-electron chi connectivity index (χ4n) is 1.83. The van der Waals surface area contributed by atoms with E-state index < -0.39 is 5.60 Å². The van der Waals surface area contributed by atoms with Crippen molar-refractivity contribution < 1.29 is 9.84 Å². The van der Waals surface area contributed by atoms with Gasteiger partial charge >= 0.3 is 0 Å². The third kappa shape index (κ3) is 1.85. The van der Waals surface area contributed by atoms with Gasteiger partial charge in [-0.3, -0.25) is 0 Å². The molecule has 1 aliphatic rings. The molecule has 1 fully saturated rings. The van der Waals surface area contributed by atoms with Crippen LogP contribution < -0.4 is 0 Å². The second-order valence-electron chi connectivity index (χ2n) is 3.67. The summed E-state index contributed by atoms with van der Waals surface area (Å²) in [5, 5.41) is 10.4. The maximum atomic E-state index is 10.4. The van der Waals surface area contributed by atoms with E-state index in [1.165, 1.54) is 0 Å². The number of aliphatic hydroxyl groups is 1. The van der Waals surface area contributed by atoms with Crippen LogP contribution in [0.1, 0.15) is 18.4 Å². The van der Waals surface area contributed by atoms with Crippen LogP contribution in [0.5, 0.6) is 0 Å². The molecular weight excluding hydrogens is 244 g/mol. The molecule has 14 heavy (non-hydrogen) atoms. The van der Waals surface area contributed by atoms with Crippen molar-refractivity contribution in [3.05, 3.63) is 34.3 Å². The first-order valence-electron chi connectivity index (χ1n) is 4.77. The lowest BCUT2D eigenvalue weighted by atomic mass is 9.89. The van der Waals surface area contributed by atoms with Gasteiger partial charge in [0.15, 0.2) is 0 Å². The Balaban J connectivity index is 2.32. The largest absolute Gasteiger partial charge is 0.383 e. The van der Waals surface area contributed by atoms with Gasteiger partial charge in [0.1, 0.15) is 5.60 Å². The van der Waals surface area contributed by atoms with E-state index in [1.807, 2.05) is 24.3 Å². The summed E-state index contributed by atoms with van der Waals surface area (Å²) in [5.74, 6) is 0. The van der Waals surface area contributed by atoms with Crippen molar-refractivity contribution in [1.29, 1.82) is 0 Å². The average molecular weight is 257 g/mol. The summed E-state index contributed by atoms with van der Waals surface area (Å²) in [4.78, 5) is 0. The van der Waals surface area contributed by atoms with E-state index in [-0.39, 0.29) is 0 Å². The van der Waals surface area contributed by atoms with Crippen molar-refractivity contribution in [3.8, 4) is 0 Å². The number of hydrogen-bond acceptors (Lipinski definition) is 2. The molecule has 0 bridgehead atoms. The molecule has 0 amide bonds. The Morgan fingerprint density at radius 1 is 1.36 bits per heavy atom. The zero-order chi connectivity index (χ0) is 10.0. The predicted octanol–water partition coefficient (Wildman–Crippen LogP) is 2.45. The lowest BCUT2D eigenvalue weighted by Gasteiger charge is -2.33. The third-order valence-corrected chi connectivity index (χ3v) is 3.29. The molecule has 1 saturated heterocycles. The first kappa shape index (κ1) is 10.1. The minimum Gasteiger partial charge on any atom is -0.383 e. The van der Waals surface area contributed by atoms with E-state index in [1.54, 1.807) is 0 Å². The lowest BCUT2D eigenvalue weighted by molar-refractivity contribution is -0.0907. The highest BCUT2D eigenvalue weighted by molar-refractivity contribution is 9.10. The van der Waals surface area contributed by atoms with Crippen LogP contribution in [0.3, 0.4) is 0 Å². The van der Waals surface area contributed by atoms with Gasteiger partial charge in [0.25, 0.3) is 0 Å². The molecule has 1 heterocycles. The molecule has 2 nitrogen and oxygen atoms in total. The zero-order valence-electron chi connectivity index (χ0n) is 7.87. The second-order valence-corrected chi connectivity index (χ2v) is 4.52. The summed E-state index contributed by atoms with van der Waals surface area (Å²) < 4.78 is 6.28. The van der Waals surface area contributed by atoms with Crippen molar-refractivity contribution >= 4 is 15.9 Å². The minimum atomic E-state index is -0.807. The second kappa shape index (κ2) is 4.01. The van der Waals surface area contributed by atoms with Gasteiger partial charge in [-0.1, -0.05) is 34.1 Å². The van der Waals surface area contributed by atoms with Crippen LogP contribution in [0, 0.1) is 0 Å². The average Bonchev–Trinajstić information content (AvgIpc) is 2.19. The van der Waals surface area contributed by atoms with E-state index in [9.17, 15) is 5.11 Å². The number of halogens is 1. The normalized spacial score (nSPS) is 27.6. The molecule has 0 saturated carbocycles. The molecule has 76 valence electrons. The van der Waals surface area contributed by atoms with Gasteiger partial charge in [0.2, 0.25) is 0 Å². The zero-order valence-corrected chi connectivity index (χ0v) is 9.46. The van der Waals surface area contributed by atoms with Gasteiger partial charge in [-0.2, -0.15) is 0 Å². The quantitative estimate of drug-likeness (QED) is 0.837. The summed E-state index contributed by atoms with van der Waals surface area (Å²) in [6.07, 6.45) is 1.69. The maximum Gasteiger partial charge on any atom is 0.114 e. The SMILES string of the molecule is OC1(c2ccccc2Br)CCCOC1. The standard InChI is InChI=1S/C11H13BrO2/c12-10-5-2-1-4-9(10)11(13)6-3-7-14-8-11/h1-2,4-5,13H,3,6-8H2. The van der Waals surface area contributed by atoms with E-state index >= 15 is 0 Å². The molecule has 2 rings (SSSR count). The molecule has 0 aromatic heterocycles. The Labute approximate surface area is 92.0 Å². The highest BCUT2D eigenvalue weighted by Crippen LogP contribution is 2.34. The number of rotatable bonds is 1. The molecule has 1 N–H and O–H groups in total. The molecule has 1 unspecified atom stereocenters. The summed E-state index contributed by atoms with van der Waals surface area (Å²) in [7, 11) is 0. The van der Waals surface area contributed by atoms with Crippen molar-refractivity contribution in [3.63, 3.8) is 0 Å². The Bertz CT molecular complexity index is 319. The van der Waals surface area contributed by atoms with E-state index in [2.05, 4.69) is 15.9 Å². The highest BCUT2D eigenvalue weighted by atomic mass is 79.9. The van der Waals surface area contributed by atoms with Crippen LogP contribution >= 0.6 is 15.9 Å². The molecular formula is C11H13BrO2. The van der Waals surface area contributed by atoms with E-state index in [0.717, 1.165) is 29.5 Å². The predicted molar refractivity (Wildman–Crippen MR) is 58.1 cm³/mol. The highest BCUT2D eigenvalue weighted by Gasteiger charge is 2.33. The van der Waals surface area contributed by atoms with Crippen molar-refractivity contribution in [2.75, 3.05) is 13.2 Å². The number of ether oxygens (including phenoxy) is 1. The molecule has 0 aliphatic carbocycles. The molecule has 1 atom stereocenters. The van der Waals surface area contributed by atoms with Gasteiger partial charge in [-0.05, 0) is 18.9 Å². The Hall–Kier alpha value is -0.380. The molecule has 1 aromatic rings. The fourth-order valence-corrected chi connectivity index (χ4v) is 2.48.